The van der Waals surface area contributed by atoms with Crippen LogP contribution in [0.5, 0.6) is 0 Å². The van der Waals surface area contributed by atoms with Crippen LogP contribution in [0, 0.1) is 5.41 Å². The first-order chi connectivity index (χ1) is 9.37. The summed E-state index contributed by atoms with van der Waals surface area (Å²) >= 11 is 0. The quantitative estimate of drug-likeness (QED) is 0.889. The molecule has 0 unspecified atom stereocenters. The highest BCUT2D eigenvalue weighted by molar-refractivity contribution is 5.97. The van der Waals surface area contributed by atoms with Gasteiger partial charge in [-0.3, -0.25) is 0 Å². The van der Waals surface area contributed by atoms with E-state index in [1.54, 1.807) is 6.07 Å². The smallest absolute Gasteiger partial charge is 0.354 e. The zero-order valence-corrected chi connectivity index (χ0v) is 12.1. The number of fused-ring (bicyclic) bond motifs is 1. The molecular formula is C16H20N2O2. The Balaban J connectivity index is 2.32. The van der Waals surface area contributed by atoms with E-state index in [0.717, 1.165) is 23.7 Å². The fourth-order valence-corrected chi connectivity index (χ4v) is 2.00. The molecule has 4 nitrogen and oxygen atoms in total. The number of nitrogens with zero attached hydrogens (tertiary/aromatic N) is 1. The van der Waals surface area contributed by atoms with Gasteiger partial charge in [-0.15, -0.1) is 0 Å². The first-order valence-corrected chi connectivity index (χ1v) is 6.74. The molecule has 0 atom stereocenters. The van der Waals surface area contributed by atoms with Gasteiger partial charge >= 0.3 is 5.97 Å². The molecule has 0 aliphatic carbocycles. The Labute approximate surface area is 118 Å². The van der Waals surface area contributed by atoms with Crippen molar-refractivity contribution in [1.82, 2.24) is 4.98 Å². The second-order valence-electron chi connectivity index (χ2n) is 6.12. The molecule has 1 heterocycles. The number of anilines is 1. The Bertz CT molecular complexity index is 630. The number of pyridine rings is 1. The van der Waals surface area contributed by atoms with E-state index >= 15 is 0 Å². The van der Waals surface area contributed by atoms with Gasteiger partial charge < -0.3 is 10.4 Å². The fourth-order valence-electron chi connectivity index (χ4n) is 2.00. The largest absolute Gasteiger partial charge is 0.477 e. The van der Waals surface area contributed by atoms with Crippen LogP contribution in [0.25, 0.3) is 10.8 Å². The molecule has 4 heteroatoms. The Hall–Kier alpha value is -2.10. The van der Waals surface area contributed by atoms with E-state index in [1.807, 2.05) is 24.3 Å². The van der Waals surface area contributed by atoms with Gasteiger partial charge in [0.25, 0.3) is 0 Å². The van der Waals surface area contributed by atoms with Gasteiger partial charge in [-0.1, -0.05) is 45.0 Å². The molecule has 0 saturated carbocycles. The number of aromatic carboxylic acids is 1. The first-order valence-electron chi connectivity index (χ1n) is 6.74. The van der Waals surface area contributed by atoms with E-state index in [4.69, 9.17) is 5.11 Å². The fraction of sp³-hybridized carbons (Fsp3) is 0.375. The van der Waals surface area contributed by atoms with Gasteiger partial charge in [0, 0.05) is 11.9 Å². The molecule has 0 aliphatic rings. The van der Waals surface area contributed by atoms with Gasteiger partial charge in [-0.2, -0.15) is 0 Å². The number of hydrogen-bond acceptors (Lipinski definition) is 3. The predicted octanol–water partition coefficient (Wildman–Crippen LogP) is 3.78. The van der Waals surface area contributed by atoms with Gasteiger partial charge in [0.15, 0.2) is 5.69 Å². The number of carbonyl (C=O) groups is 1. The monoisotopic (exact) mass is 272 g/mol. The van der Waals surface area contributed by atoms with Crippen molar-refractivity contribution >= 4 is 22.6 Å². The third kappa shape index (κ3) is 3.47. The number of hydrogen-bond donors (Lipinski definition) is 2. The predicted molar refractivity (Wildman–Crippen MR) is 81.3 cm³/mol. The Morgan fingerprint density at radius 3 is 2.65 bits per heavy atom. The molecule has 2 aromatic rings. The van der Waals surface area contributed by atoms with E-state index in [1.165, 1.54) is 0 Å². The zero-order valence-electron chi connectivity index (χ0n) is 12.1. The Kier molecular flexibility index (Phi) is 3.93. The molecule has 1 aromatic carbocycles. The highest BCUT2D eigenvalue weighted by atomic mass is 16.4. The molecular weight excluding hydrogens is 252 g/mol. The molecule has 106 valence electrons. The van der Waals surface area contributed by atoms with Crippen molar-refractivity contribution in [3.05, 3.63) is 36.0 Å². The summed E-state index contributed by atoms with van der Waals surface area (Å²) < 4.78 is 0. The van der Waals surface area contributed by atoms with Crippen molar-refractivity contribution in [3.63, 3.8) is 0 Å². The lowest BCUT2D eigenvalue weighted by molar-refractivity contribution is 0.0691. The number of carboxylic acids is 1. The number of rotatable bonds is 4. The Morgan fingerprint density at radius 1 is 1.30 bits per heavy atom. The number of nitrogens with one attached hydrogen (secondary N) is 1. The summed E-state index contributed by atoms with van der Waals surface area (Å²) in [5.41, 5.74) is 0.301. The van der Waals surface area contributed by atoms with E-state index in [-0.39, 0.29) is 11.1 Å². The lowest BCUT2D eigenvalue weighted by Gasteiger charge is -2.19. The minimum atomic E-state index is -1.00. The van der Waals surface area contributed by atoms with Gasteiger partial charge in [0.2, 0.25) is 0 Å². The molecule has 0 aliphatic heterocycles. The summed E-state index contributed by atoms with van der Waals surface area (Å²) in [6.45, 7) is 7.29. The standard InChI is InChI=1S/C16H20N2O2/c1-16(2,3)8-9-17-14-12-7-5-4-6-11(12)10-13(18-14)15(19)20/h4-7,10H,8-9H2,1-3H3,(H,17,18)(H,19,20). The molecule has 0 radical (unpaired) electrons. The second-order valence-corrected chi connectivity index (χ2v) is 6.12. The highest BCUT2D eigenvalue weighted by Crippen LogP contribution is 2.24. The van der Waals surface area contributed by atoms with Crippen molar-refractivity contribution in [2.24, 2.45) is 5.41 Å². The minimum absolute atomic E-state index is 0.0713. The van der Waals surface area contributed by atoms with Gasteiger partial charge in [-0.25, -0.2) is 9.78 Å². The summed E-state index contributed by atoms with van der Waals surface area (Å²) in [6, 6.07) is 9.28. The first kappa shape index (κ1) is 14.3. The molecule has 2 N–H and O–H groups in total. The van der Waals surface area contributed by atoms with E-state index in [9.17, 15) is 4.79 Å². The van der Waals surface area contributed by atoms with Crippen LogP contribution in [0.2, 0.25) is 0 Å². The van der Waals surface area contributed by atoms with Crippen molar-refractivity contribution in [2.75, 3.05) is 11.9 Å². The van der Waals surface area contributed by atoms with Crippen LogP contribution in [0.4, 0.5) is 5.82 Å². The topological polar surface area (TPSA) is 62.2 Å². The van der Waals surface area contributed by atoms with Crippen LogP contribution < -0.4 is 5.32 Å². The minimum Gasteiger partial charge on any atom is -0.477 e. The second kappa shape index (κ2) is 5.49. The molecule has 1 aromatic heterocycles. The van der Waals surface area contributed by atoms with E-state index in [0.29, 0.717) is 5.82 Å². The maximum Gasteiger partial charge on any atom is 0.354 e. The highest BCUT2D eigenvalue weighted by Gasteiger charge is 2.12. The molecule has 0 fully saturated rings. The summed E-state index contributed by atoms with van der Waals surface area (Å²) in [5.74, 6) is -0.362. The normalized spacial score (nSPS) is 11.6. The van der Waals surface area contributed by atoms with Gasteiger partial charge in [0.1, 0.15) is 5.82 Å². The van der Waals surface area contributed by atoms with E-state index in [2.05, 4.69) is 31.1 Å². The van der Waals surface area contributed by atoms with Gasteiger partial charge in [-0.05, 0) is 23.3 Å². The maximum atomic E-state index is 11.1. The Morgan fingerprint density at radius 2 is 2.00 bits per heavy atom. The summed E-state index contributed by atoms with van der Waals surface area (Å²) in [4.78, 5) is 15.3. The summed E-state index contributed by atoms with van der Waals surface area (Å²) in [6.07, 6.45) is 0.986. The lowest BCUT2D eigenvalue weighted by Crippen LogP contribution is -2.14. The molecule has 0 amide bonds. The van der Waals surface area contributed by atoms with Crippen LogP contribution in [-0.4, -0.2) is 22.6 Å². The molecule has 0 spiro atoms. The van der Waals surface area contributed by atoms with Crippen LogP contribution in [0.3, 0.4) is 0 Å². The SMILES string of the molecule is CC(C)(C)CCNc1nc(C(=O)O)cc2ccccc12. The molecule has 0 saturated heterocycles. The molecule has 0 bridgehead atoms. The van der Waals surface area contributed by atoms with E-state index < -0.39 is 5.97 Å². The number of benzene rings is 1. The van der Waals surface area contributed by atoms with Gasteiger partial charge in [0.05, 0.1) is 0 Å². The molecule has 20 heavy (non-hydrogen) atoms. The van der Waals surface area contributed by atoms with Crippen molar-refractivity contribution in [2.45, 2.75) is 27.2 Å². The molecule has 2 rings (SSSR count). The zero-order chi connectivity index (χ0) is 14.8. The lowest BCUT2D eigenvalue weighted by atomic mass is 9.92. The third-order valence-electron chi connectivity index (χ3n) is 3.13. The van der Waals surface area contributed by atoms with Crippen LogP contribution in [0.1, 0.15) is 37.7 Å². The third-order valence-corrected chi connectivity index (χ3v) is 3.13. The van der Waals surface area contributed by atoms with Crippen molar-refractivity contribution < 1.29 is 9.90 Å². The van der Waals surface area contributed by atoms with Crippen molar-refractivity contribution in [3.8, 4) is 0 Å². The van der Waals surface area contributed by atoms with Crippen molar-refractivity contribution in [1.29, 1.82) is 0 Å². The van der Waals surface area contributed by atoms with Crippen LogP contribution in [-0.2, 0) is 0 Å². The van der Waals surface area contributed by atoms with Crippen LogP contribution >= 0.6 is 0 Å². The maximum absolute atomic E-state index is 11.1. The summed E-state index contributed by atoms with van der Waals surface area (Å²) in [7, 11) is 0. The summed E-state index contributed by atoms with van der Waals surface area (Å²) in [5, 5.41) is 14.2. The number of aromatic nitrogens is 1. The van der Waals surface area contributed by atoms with Crippen LogP contribution in [0.15, 0.2) is 30.3 Å². The number of carboxylic acid groups (broad SMARTS) is 1. The average molecular weight is 272 g/mol. The average Bonchev–Trinajstić information content (AvgIpc) is 2.36.